The molecule has 1 aromatic rings. The Bertz CT molecular complexity index is 519. The lowest BCUT2D eigenvalue weighted by Gasteiger charge is -2.36. The zero-order valence-corrected chi connectivity index (χ0v) is 15.8. The Morgan fingerprint density at radius 1 is 1.43 bits per heavy atom. The normalized spacial score (nSPS) is 19.7. The van der Waals surface area contributed by atoms with Crippen molar-refractivity contribution in [3.8, 4) is 5.75 Å². The van der Waals surface area contributed by atoms with E-state index in [1.165, 1.54) is 6.42 Å². The van der Waals surface area contributed by atoms with Crippen LogP contribution >= 0.6 is 15.9 Å². The maximum Gasteiger partial charge on any atom is 0.263 e. The van der Waals surface area contributed by atoms with E-state index in [9.17, 15) is 4.79 Å². The molecule has 2 atom stereocenters. The van der Waals surface area contributed by atoms with Crippen molar-refractivity contribution in [3.63, 3.8) is 0 Å². The number of carbonyl (C=O) groups is 1. The number of rotatable bonds is 6. The van der Waals surface area contributed by atoms with Crippen LogP contribution in [0.1, 0.15) is 26.7 Å². The first kappa shape index (κ1) is 18.3. The summed E-state index contributed by atoms with van der Waals surface area (Å²) in [6.07, 6.45) is 1.81. The highest BCUT2D eigenvalue weighted by Gasteiger charge is 2.32. The molecular weight excluding hydrogens is 356 g/mol. The number of nitrogens with one attached hydrogen (secondary N) is 1. The lowest BCUT2D eigenvalue weighted by molar-refractivity contribution is -0.142. The summed E-state index contributed by atoms with van der Waals surface area (Å²) < 4.78 is 6.94. The molecule has 0 spiro atoms. The van der Waals surface area contributed by atoms with Gasteiger partial charge in [-0.05, 0) is 66.3 Å². The Kier molecular flexibility index (Phi) is 6.90. The van der Waals surface area contributed by atoms with Crippen LogP contribution in [0.5, 0.6) is 5.75 Å². The number of hydrogen-bond donors (Lipinski definition) is 1. The smallest absolute Gasteiger partial charge is 0.263 e. The van der Waals surface area contributed by atoms with E-state index in [1.54, 1.807) is 0 Å². The molecule has 1 amide bonds. The minimum atomic E-state index is -0.443. The van der Waals surface area contributed by atoms with Gasteiger partial charge in [0, 0.05) is 13.1 Å². The van der Waals surface area contributed by atoms with Gasteiger partial charge in [0.25, 0.3) is 5.91 Å². The van der Waals surface area contributed by atoms with Crippen LogP contribution in [0.4, 0.5) is 0 Å². The fourth-order valence-corrected chi connectivity index (χ4v) is 3.43. The van der Waals surface area contributed by atoms with Crippen LogP contribution in [-0.4, -0.2) is 43.6 Å². The molecule has 0 radical (unpaired) electrons. The van der Waals surface area contributed by atoms with Crippen molar-refractivity contribution in [1.29, 1.82) is 0 Å². The van der Waals surface area contributed by atoms with Crippen LogP contribution in [0, 0.1) is 11.8 Å². The predicted molar refractivity (Wildman–Crippen MR) is 96.6 cm³/mol. The number of piperidine rings is 1. The van der Waals surface area contributed by atoms with Gasteiger partial charge in [0.05, 0.1) is 4.47 Å². The molecule has 0 unspecified atom stereocenters. The van der Waals surface area contributed by atoms with Gasteiger partial charge in [-0.1, -0.05) is 26.0 Å². The zero-order chi connectivity index (χ0) is 16.8. The molecule has 1 N–H and O–H groups in total. The summed E-state index contributed by atoms with van der Waals surface area (Å²) >= 11 is 3.49. The Balaban J connectivity index is 2.08. The van der Waals surface area contributed by atoms with E-state index in [1.807, 2.05) is 50.1 Å². The van der Waals surface area contributed by atoms with Gasteiger partial charge >= 0.3 is 0 Å². The van der Waals surface area contributed by atoms with Crippen LogP contribution in [0.2, 0.25) is 0 Å². The summed E-state index contributed by atoms with van der Waals surface area (Å²) in [7, 11) is 1.97. The second-order valence-corrected chi connectivity index (χ2v) is 7.42. The van der Waals surface area contributed by atoms with Crippen molar-refractivity contribution in [2.45, 2.75) is 32.8 Å². The number of hydrogen-bond acceptors (Lipinski definition) is 3. The molecular formula is C18H27BrN2O2. The third-order valence-corrected chi connectivity index (χ3v) is 4.92. The molecule has 128 valence electrons. The molecule has 5 heteroatoms. The van der Waals surface area contributed by atoms with E-state index < -0.39 is 6.10 Å². The second-order valence-electron chi connectivity index (χ2n) is 6.56. The van der Waals surface area contributed by atoms with Crippen LogP contribution in [0.15, 0.2) is 28.7 Å². The van der Waals surface area contributed by atoms with E-state index in [4.69, 9.17) is 4.74 Å². The molecule has 0 bridgehead atoms. The Morgan fingerprint density at radius 3 is 2.83 bits per heavy atom. The highest BCUT2D eigenvalue weighted by molar-refractivity contribution is 9.10. The fraction of sp³-hybridized carbons (Fsp3) is 0.611. The van der Waals surface area contributed by atoms with Crippen molar-refractivity contribution in [2.24, 2.45) is 11.8 Å². The summed E-state index contributed by atoms with van der Waals surface area (Å²) in [6, 6.07) is 7.69. The van der Waals surface area contributed by atoms with Gasteiger partial charge in [0.15, 0.2) is 6.10 Å². The number of para-hydroxylation sites is 1. The second kappa shape index (κ2) is 8.69. The van der Waals surface area contributed by atoms with Crippen molar-refractivity contribution in [2.75, 3.05) is 26.7 Å². The maximum absolute atomic E-state index is 13.0. The van der Waals surface area contributed by atoms with Crippen molar-refractivity contribution >= 4 is 21.8 Å². The zero-order valence-electron chi connectivity index (χ0n) is 14.2. The summed E-state index contributed by atoms with van der Waals surface area (Å²) in [4.78, 5) is 14.9. The third kappa shape index (κ3) is 4.95. The van der Waals surface area contributed by atoms with Gasteiger partial charge in [-0.25, -0.2) is 0 Å². The minimum Gasteiger partial charge on any atom is -0.479 e. The van der Waals surface area contributed by atoms with E-state index in [2.05, 4.69) is 21.2 Å². The average Bonchev–Trinajstić information content (AvgIpc) is 2.54. The maximum atomic E-state index is 13.0. The van der Waals surface area contributed by atoms with Gasteiger partial charge in [0.2, 0.25) is 0 Å². The highest BCUT2D eigenvalue weighted by Crippen LogP contribution is 2.27. The number of ether oxygens (including phenoxy) is 1. The number of benzene rings is 1. The molecule has 4 nitrogen and oxygen atoms in total. The molecule has 1 fully saturated rings. The fourth-order valence-electron chi connectivity index (χ4n) is 3.05. The quantitative estimate of drug-likeness (QED) is 0.820. The minimum absolute atomic E-state index is 0.108. The lowest BCUT2D eigenvalue weighted by Crippen LogP contribution is -2.49. The molecule has 2 rings (SSSR count). The first-order chi connectivity index (χ1) is 11.0. The van der Waals surface area contributed by atoms with E-state index in [-0.39, 0.29) is 11.8 Å². The van der Waals surface area contributed by atoms with Gasteiger partial charge in [-0.3, -0.25) is 4.79 Å². The van der Waals surface area contributed by atoms with E-state index >= 15 is 0 Å². The summed E-state index contributed by atoms with van der Waals surface area (Å²) in [6.45, 7) is 6.69. The molecule has 1 saturated heterocycles. The molecule has 1 aromatic carbocycles. The number of likely N-dealkylation sites (tertiary alicyclic amines) is 1. The molecule has 0 aromatic heterocycles. The van der Waals surface area contributed by atoms with Crippen LogP contribution < -0.4 is 10.1 Å². The van der Waals surface area contributed by atoms with Gasteiger partial charge in [0.1, 0.15) is 5.75 Å². The monoisotopic (exact) mass is 382 g/mol. The molecule has 1 aliphatic heterocycles. The van der Waals surface area contributed by atoms with E-state index in [0.29, 0.717) is 5.92 Å². The first-order valence-electron chi connectivity index (χ1n) is 8.37. The Labute approximate surface area is 147 Å². The van der Waals surface area contributed by atoms with Crippen molar-refractivity contribution in [1.82, 2.24) is 10.2 Å². The molecule has 1 aliphatic rings. The van der Waals surface area contributed by atoms with Crippen LogP contribution in [0.3, 0.4) is 0 Å². The number of amides is 1. The van der Waals surface area contributed by atoms with Gasteiger partial charge < -0.3 is 15.0 Å². The van der Waals surface area contributed by atoms with Crippen LogP contribution in [0.25, 0.3) is 0 Å². The van der Waals surface area contributed by atoms with E-state index in [0.717, 1.165) is 36.3 Å². The number of halogens is 1. The summed E-state index contributed by atoms with van der Waals surface area (Å²) in [5.74, 6) is 1.49. The van der Waals surface area contributed by atoms with Gasteiger partial charge in [-0.2, -0.15) is 0 Å². The third-order valence-electron chi connectivity index (χ3n) is 4.26. The topological polar surface area (TPSA) is 41.6 Å². The standard InChI is InChI=1S/C18H27BrN2O2/c1-13(2)17(23-16-9-5-4-8-15(16)19)18(22)21-10-6-7-14(12-21)11-20-3/h4-5,8-9,13-14,17,20H,6-7,10-12H2,1-3H3/t14-,17+/m1/s1. The average molecular weight is 383 g/mol. The SMILES string of the molecule is CNC[C@H]1CCCN(C(=O)[C@@H](Oc2ccccc2Br)C(C)C)C1. The highest BCUT2D eigenvalue weighted by atomic mass is 79.9. The molecule has 23 heavy (non-hydrogen) atoms. The Hall–Kier alpha value is -1.07. The molecule has 0 saturated carbocycles. The lowest BCUT2D eigenvalue weighted by atomic mass is 9.96. The van der Waals surface area contributed by atoms with Gasteiger partial charge in [-0.15, -0.1) is 0 Å². The summed E-state index contributed by atoms with van der Waals surface area (Å²) in [5.41, 5.74) is 0. The number of nitrogens with zero attached hydrogens (tertiary/aromatic N) is 1. The van der Waals surface area contributed by atoms with Crippen LogP contribution in [-0.2, 0) is 4.79 Å². The summed E-state index contributed by atoms with van der Waals surface area (Å²) in [5, 5.41) is 3.22. The predicted octanol–water partition coefficient (Wildman–Crippen LogP) is 3.31. The molecule has 0 aliphatic carbocycles. The van der Waals surface area contributed by atoms with Crippen molar-refractivity contribution in [3.05, 3.63) is 28.7 Å². The first-order valence-corrected chi connectivity index (χ1v) is 9.16. The molecule has 1 heterocycles. The largest absolute Gasteiger partial charge is 0.479 e. The Morgan fingerprint density at radius 2 is 2.17 bits per heavy atom. The van der Waals surface area contributed by atoms with Crippen molar-refractivity contribution < 1.29 is 9.53 Å². The number of carbonyl (C=O) groups excluding carboxylic acids is 1.